The van der Waals surface area contributed by atoms with E-state index >= 15 is 0 Å². The predicted molar refractivity (Wildman–Crippen MR) is 138 cm³/mol. The third kappa shape index (κ3) is 5.89. The van der Waals surface area contributed by atoms with Gasteiger partial charge >= 0.3 is 0 Å². The van der Waals surface area contributed by atoms with Gasteiger partial charge in [0.15, 0.2) is 0 Å². The molecule has 0 aliphatic carbocycles. The molecule has 0 bridgehead atoms. The normalized spacial score (nSPS) is 12.5. The van der Waals surface area contributed by atoms with E-state index in [0.29, 0.717) is 35.5 Å². The van der Waals surface area contributed by atoms with Crippen molar-refractivity contribution in [1.29, 1.82) is 0 Å². The highest BCUT2D eigenvalue weighted by Gasteiger charge is 2.11. The molecule has 34 heavy (non-hydrogen) atoms. The Morgan fingerprint density at radius 1 is 1.09 bits per heavy atom. The molecule has 1 atom stereocenters. The molecule has 0 spiro atoms. The van der Waals surface area contributed by atoms with Crippen molar-refractivity contribution in [2.24, 2.45) is 5.14 Å². The van der Waals surface area contributed by atoms with E-state index in [1.807, 2.05) is 49.4 Å². The summed E-state index contributed by atoms with van der Waals surface area (Å²) in [7, 11) is -2.82. The first-order chi connectivity index (χ1) is 16.4. The standard InChI is InChI=1S/C25H26N6O2S/c1-3-33-21-11-9-19(10-12-21)23-17-29-25(30-20-7-4-8-22(14-20)34(2,26)32)31-24(23)28-16-18-6-5-13-27-15-18/h4-15,17H,2-3,16H2,1H3,(H2,26,32)(H2,28,29,30,31). The molecule has 1 unspecified atom stereocenters. The maximum absolute atomic E-state index is 12.1. The lowest BCUT2D eigenvalue weighted by Crippen LogP contribution is -2.12. The van der Waals surface area contributed by atoms with Gasteiger partial charge in [0.2, 0.25) is 5.95 Å². The summed E-state index contributed by atoms with van der Waals surface area (Å²) in [5.41, 5.74) is 3.47. The lowest BCUT2D eigenvalue weighted by molar-refractivity contribution is 0.340. The molecule has 2 aromatic heterocycles. The van der Waals surface area contributed by atoms with Crippen molar-refractivity contribution >= 4 is 33.0 Å². The average Bonchev–Trinajstić information content (AvgIpc) is 2.84. The molecule has 0 aliphatic heterocycles. The Kier molecular flexibility index (Phi) is 7.05. The molecule has 0 radical (unpaired) electrons. The van der Waals surface area contributed by atoms with Crippen LogP contribution in [0, 0.1) is 0 Å². The second kappa shape index (κ2) is 10.3. The Hall–Kier alpha value is -3.95. The molecular weight excluding hydrogens is 448 g/mol. The summed E-state index contributed by atoms with van der Waals surface area (Å²) in [5, 5.41) is 12.2. The Labute approximate surface area is 199 Å². The van der Waals surface area contributed by atoms with Gasteiger partial charge in [-0.25, -0.2) is 9.19 Å². The monoisotopic (exact) mass is 474 g/mol. The van der Waals surface area contributed by atoms with Gasteiger partial charge in [-0.3, -0.25) is 10.1 Å². The number of nitrogens with two attached hydrogens (primary N) is 1. The van der Waals surface area contributed by atoms with E-state index < -0.39 is 9.71 Å². The van der Waals surface area contributed by atoms with Crippen LogP contribution in [-0.4, -0.2) is 31.6 Å². The fraction of sp³-hybridized carbons (Fsp3) is 0.120. The molecule has 0 aliphatic rings. The van der Waals surface area contributed by atoms with Crippen LogP contribution in [0.5, 0.6) is 5.75 Å². The Balaban J connectivity index is 1.65. The van der Waals surface area contributed by atoms with Crippen LogP contribution in [0.4, 0.5) is 17.5 Å². The van der Waals surface area contributed by atoms with Gasteiger partial charge in [-0.15, -0.1) is 0 Å². The summed E-state index contributed by atoms with van der Waals surface area (Å²) < 4.78 is 17.7. The van der Waals surface area contributed by atoms with Crippen molar-refractivity contribution in [3.05, 3.63) is 84.8 Å². The summed E-state index contributed by atoms with van der Waals surface area (Å²) in [4.78, 5) is 13.8. The first kappa shape index (κ1) is 23.2. The number of benzene rings is 2. The van der Waals surface area contributed by atoms with Crippen LogP contribution >= 0.6 is 0 Å². The molecule has 2 heterocycles. The second-order valence-corrected chi connectivity index (χ2v) is 9.43. The van der Waals surface area contributed by atoms with Gasteiger partial charge in [-0.05, 0) is 60.3 Å². The molecular formula is C25H26N6O2S. The minimum Gasteiger partial charge on any atom is -0.494 e. The second-order valence-electron chi connectivity index (χ2n) is 7.51. The molecule has 0 saturated heterocycles. The zero-order valence-electron chi connectivity index (χ0n) is 18.8. The van der Waals surface area contributed by atoms with Crippen molar-refractivity contribution in [2.45, 2.75) is 18.4 Å². The summed E-state index contributed by atoms with van der Waals surface area (Å²) in [6, 6.07) is 18.6. The van der Waals surface area contributed by atoms with E-state index in [4.69, 9.17) is 14.9 Å². The van der Waals surface area contributed by atoms with Crippen molar-refractivity contribution in [2.75, 3.05) is 17.2 Å². The van der Waals surface area contributed by atoms with E-state index in [-0.39, 0.29) is 0 Å². The minimum absolute atomic E-state index is 0.383. The summed E-state index contributed by atoms with van der Waals surface area (Å²) >= 11 is 0. The molecule has 2 aromatic carbocycles. The quantitative estimate of drug-likeness (QED) is 0.311. The summed E-state index contributed by atoms with van der Waals surface area (Å²) in [6.07, 6.45) is 5.30. The lowest BCUT2D eigenvalue weighted by Gasteiger charge is -2.14. The zero-order chi connectivity index (χ0) is 24.0. The Morgan fingerprint density at radius 3 is 2.62 bits per heavy atom. The third-order valence-corrected chi connectivity index (χ3v) is 5.99. The van der Waals surface area contributed by atoms with Crippen LogP contribution in [0.25, 0.3) is 11.1 Å². The number of pyridine rings is 1. The Morgan fingerprint density at radius 2 is 1.91 bits per heavy atom. The van der Waals surface area contributed by atoms with Crippen molar-refractivity contribution < 1.29 is 8.95 Å². The van der Waals surface area contributed by atoms with Gasteiger partial charge in [-0.2, -0.15) is 4.98 Å². The SMILES string of the molecule is C=S(N)(=O)c1cccc(Nc2ncc(-c3ccc(OCC)cc3)c(NCc3cccnc3)n2)c1. The van der Waals surface area contributed by atoms with Crippen molar-refractivity contribution in [1.82, 2.24) is 15.0 Å². The topological polar surface area (TPSA) is 115 Å². The largest absolute Gasteiger partial charge is 0.494 e. The molecule has 0 amide bonds. The van der Waals surface area contributed by atoms with Gasteiger partial charge in [0.05, 0.1) is 16.3 Å². The van der Waals surface area contributed by atoms with E-state index in [0.717, 1.165) is 22.4 Å². The van der Waals surface area contributed by atoms with Crippen LogP contribution < -0.4 is 20.5 Å². The molecule has 9 heteroatoms. The highest BCUT2D eigenvalue weighted by Crippen LogP contribution is 2.29. The molecule has 4 N–H and O–H groups in total. The number of aromatic nitrogens is 3. The maximum atomic E-state index is 12.1. The van der Waals surface area contributed by atoms with Gasteiger partial charge in [0.25, 0.3) is 0 Å². The molecule has 0 saturated carbocycles. The number of hydrogen-bond donors (Lipinski definition) is 3. The molecule has 174 valence electrons. The summed E-state index contributed by atoms with van der Waals surface area (Å²) in [5.74, 6) is 5.38. The predicted octanol–water partition coefficient (Wildman–Crippen LogP) is 4.24. The molecule has 4 rings (SSSR count). The van der Waals surface area contributed by atoms with E-state index in [2.05, 4.69) is 26.5 Å². The van der Waals surface area contributed by atoms with Gasteiger partial charge < -0.3 is 15.4 Å². The van der Waals surface area contributed by atoms with E-state index in [1.54, 1.807) is 36.8 Å². The number of rotatable bonds is 9. The number of ether oxygens (including phenoxy) is 1. The number of nitrogens with zero attached hydrogens (tertiary/aromatic N) is 3. The van der Waals surface area contributed by atoms with Crippen LogP contribution in [0.2, 0.25) is 0 Å². The highest BCUT2D eigenvalue weighted by molar-refractivity contribution is 7.98. The Bertz CT molecular complexity index is 1360. The number of anilines is 3. The van der Waals surface area contributed by atoms with Gasteiger partial charge in [0.1, 0.15) is 11.6 Å². The zero-order valence-corrected chi connectivity index (χ0v) is 19.6. The van der Waals surface area contributed by atoms with Crippen molar-refractivity contribution in [3.63, 3.8) is 0 Å². The van der Waals surface area contributed by atoms with E-state index in [9.17, 15) is 4.21 Å². The number of nitrogens with one attached hydrogen (secondary N) is 2. The van der Waals surface area contributed by atoms with Crippen LogP contribution in [0.3, 0.4) is 0 Å². The average molecular weight is 475 g/mol. The van der Waals surface area contributed by atoms with Gasteiger partial charge in [-0.1, -0.05) is 24.3 Å². The number of hydrogen-bond acceptors (Lipinski definition) is 7. The summed E-state index contributed by atoms with van der Waals surface area (Å²) in [6.45, 7) is 3.10. The lowest BCUT2D eigenvalue weighted by atomic mass is 10.1. The third-order valence-electron chi connectivity index (χ3n) is 4.94. The van der Waals surface area contributed by atoms with Gasteiger partial charge in [0, 0.05) is 41.3 Å². The highest BCUT2D eigenvalue weighted by atomic mass is 32.2. The minimum atomic E-state index is -2.82. The fourth-order valence-electron chi connectivity index (χ4n) is 3.29. The molecule has 4 aromatic rings. The van der Waals surface area contributed by atoms with Crippen LogP contribution in [-0.2, 0) is 16.3 Å². The first-order valence-electron chi connectivity index (χ1n) is 10.7. The van der Waals surface area contributed by atoms with Crippen molar-refractivity contribution in [3.8, 4) is 16.9 Å². The molecule has 8 nitrogen and oxygen atoms in total. The van der Waals surface area contributed by atoms with E-state index in [1.165, 1.54) is 0 Å². The first-order valence-corrected chi connectivity index (χ1v) is 12.5. The van der Waals surface area contributed by atoms with Crippen LogP contribution in [0.1, 0.15) is 12.5 Å². The fourth-order valence-corrected chi connectivity index (χ4v) is 3.93. The van der Waals surface area contributed by atoms with Crippen LogP contribution in [0.15, 0.2) is 84.1 Å². The molecule has 0 fully saturated rings. The smallest absolute Gasteiger partial charge is 0.229 e. The maximum Gasteiger partial charge on any atom is 0.229 e.